The number of carboxylic acid groups (broad SMARTS) is 1. The highest BCUT2D eigenvalue weighted by Gasteiger charge is 2.22. The van der Waals surface area contributed by atoms with E-state index in [9.17, 15) is 9.90 Å². The minimum absolute atomic E-state index is 0.0548. The Labute approximate surface area is 158 Å². The van der Waals surface area contributed by atoms with Crippen molar-refractivity contribution in [3.8, 4) is 0 Å². The quantitative estimate of drug-likeness (QED) is 0.572. The van der Waals surface area contributed by atoms with Crippen LogP contribution in [0.3, 0.4) is 0 Å². The molecule has 1 aliphatic heterocycles. The number of aliphatic hydroxyl groups is 1. The van der Waals surface area contributed by atoms with E-state index >= 15 is 0 Å². The molecule has 0 bridgehead atoms. The Morgan fingerprint density at radius 3 is 3.04 bits per heavy atom. The fraction of sp³-hybridized carbons (Fsp3) is 0.562. The van der Waals surface area contributed by atoms with Gasteiger partial charge in [-0.1, -0.05) is 0 Å². The van der Waals surface area contributed by atoms with Crippen LogP contribution in [-0.4, -0.2) is 50.8 Å². The van der Waals surface area contributed by atoms with E-state index in [4.69, 9.17) is 9.84 Å². The zero-order chi connectivity index (χ0) is 17.8. The maximum atomic E-state index is 10.6. The molecule has 3 rings (SSSR count). The molecule has 2 aromatic rings. The van der Waals surface area contributed by atoms with E-state index in [1.165, 1.54) is 0 Å². The maximum absolute atomic E-state index is 10.6. The van der Waals surface area contributed by atoms with Gasteiger partial charge in [0, 0.05) is 30.1 Å². The van der Waals surface area contributed by atoms with Gasteiger partial charge in [0.25, 0.3) is 0 Å². The number of aliphatic hydroxyl groups excluding tert-OH is 1. The number of halogens is 1. The monoisotopic (exact) mass is 460 g/mol. The van der Waals surface area contributed by atoms with Crippen LogP contribution in [0.1, 0.15) is 43.5 Å². The van der Waals surface area contributed by atoms with Crippen LogP contribution >= 0.6 is 22.6 Å². The number of rotatable bonds is 6. The van der Waals surface area contributed by atoms with Crippen LogP contribution in [0.4, 0.5) is 4.79 Å². The number of nitrogens with one attached hydrogen (secondary N) is 1. The van der Waals surface area contributed by atoms with Gasteiger partial charge < -0.3 is 20.3 Å². The Morgan fingerprint density at radius 1 is 1.52 bits per heavy atom. The van der Waals surface area contributed by atoms with Crippen LogP contribution in [0.5, 0.6) is 0 Å². The summed E-state index contributed by atoms with van der Waals surface area (Å²) in [4.78, 5) is 15.1. The Hall–Kier alpha value is -1.46. The summed E-state index contributed by atoms with van der Waals surface area (Å²) in [5.41, 5.74) is 1.66. The number of carbonyl (C=O) groups is 1. The normalized spacial score (nSPS) is 19.0. The average Bonchev–Trinajstić information content (AvgIpc) is 2.96. The van der Waals surface area contributed by atoms with Crippen LogP contribution in [0.2, 0.25) is 0 Å². The maximum Gasteiger partial charge on any atom is 0.404 e. The van der Waals surface area contributed by atoms with E-state index in [1.54, 1.807) is 6.20 Å². The molecule has 0 aliphatic carbocycles. The number of hydrogen-bond donors (Lipinski definition) is 3. The summed E-state index contributed by atoms with van der Waals surface area (Å²) in [5.74, 6) is -0.221. The number of fused-ring (bicyclic) bond motifs is 1. The number of amides is 1. The molecule has 3 N–H and O–H groups in total. The highest BCUT2D eigenvalue weighted by molar-refractivity contribution is 14.1. The van der Waals surface area contributed by atoms with Crippen molar-refractivity contribution >= 4 is 39.6 Å². The molecule has 2 aromatic heterocycles. The van der Waals surface area contributed by atoms with Gasteiger partial charge in [0.05, 0.1) is 18.3 Å². The first-order chi connectivity index (χ1) is 12.1. The van der Waals surface area contributed by atoms with Crippen molar-refractivity contribution in [2.24, 2.45) is 0 Å². The molecule has 8 nitrogen and oxygen atoms in total. The van der Waals surface area contributed by atoms with Gasteiger partial charge in [-0.05, 0) is 54.3 Å². The molecule has 1 saturated heterocycles. The van der Waals surface area contributed by atoms with Gasteiger partial charge in [0.1, 0.15) is 3.70 Å². The average molecular weight is 460 g/mol. The summed E-state index contributed by atoms with van der Waals surface area (Å²) in [7, 11) is 0. The van der Waals surface area contributed by atoms with Crippen molar-refractivity contribution in [1.29, 1.82) is 0 Å². The second-order valence-corrected chi connectivity index (χ2v) is 7.10. The van der Waals surface area contributed by atoms with Gasteiger partial charge in [0.2, 0.25) is 0 Å². The third-order valence-corrected chi connectivity index (χ3v) is 5.20. The molecule has 0 saturated carbocycles. The second-order valence-electron chi connectivity index (χ2n) is 6.08. The molecule has 9 heteroatoms. The van der Waals surface area contributed by atoms with E-state index in [-0.39, 0.29) is 25.3 Å². The molecule has 1 unspecified atom stereocenters. The molecule has 3 heterocycles. The lowest BCUT2D eigenvalue weighted by Gasteiger charge is -2.23. The van der Waals surface area contributed by atoms with Crippen molar-refractivity contribution in [1.82, 2.24) is 20.1 Å². The van der Waals surface area contributed by atoms with Crippen molar-refractivity contribution in [2.45, 2.75) is 37.8 Å². The predicted octanol–water partition coefficient (Wildman–Crippen LogP) is 2.47. The molecule has 0 radical (unpaired) electrons. The molecule has 1 amide bonds. The zero-order valence-corrected chi connectivity index (χ0v) is 15.8. The van der Waals surface area contributed by atoms with Crippen LogP contribution in [0.15, 0.2) is 12.3 Å². The summed E-state index contributed by atoms with van der Waals surface area (Å²) in [5, 5.41) is 26.2. The smallest absolute Gasteiger partial charge is 0.404 e. The Kier molecular flexibility index (Phi) is 6.07. The summed E-state index contributed by atoms with van der Waals surface area (Å²) in [6.07, 6.45) is 4.27. The fourth-order valence-corrected chi connectivity index (χ4v) is 3.72. The summed E-state index contributed by atoms with van der Waals surface area (Å²) < 4.78 is 8.59. The lowest BCUT2D eigenvalue weighted by molar-refractivity contribution is -0.0369. The fourth-order valence-electron chi connectivity index (χ4n) is 3.06. The van der Waals surface area contributed by atoms with E-state index in [2.05, 4.69) is 38.0 Å². The molecule has 0 spiro atoms. The first kappa shape index (κ1) is 18.3. The van der Waals surface area contributed by atoms with Crippen molar-refractivity contribution in [2.75, 3.05) is 19.8 Å². The number of hydrogen-bond acceptors (Lipinski definition) is 5. The zero-order valence-electron chi connectivity index (χ0n) is 13.7. The molecule has 0 aromatic carbocycles. The lowest BCUT2D eigenvalue weighted by Crippen LogP contribution is -2.24. The van der Waals surface area contributed by atoms with E-state index in [1.807, 2.05) is 10.7 Å². The minimum atomic E-state index is -1.07. The van der Waals surface area contributed by atoms with Gasteiger partial charge in [-0.2, -0.15) is 5.10 Å². The van der Waals surface area contributed by atoms with Crippen LogP contribution in [-0.2, 0) is 4.74 Å². The van der Waals surface area contributed by atoms with Crippen molar-refractivity contribution < 1.29 is 19.7 Å². The SMILES string of the molecule is O=C(O)NCC[C@@H](CO)c1cc2c(I)nn(C3CCCCO3)c2cn1. The first-order valence-corrected chi connectivity index (χ1v) is 9.41. The highest BCUT2D eigenvalue weighted by atomic mass is 127. The standard InChI is InChI=1S/C16H21IN4O4/c17-15-11-7-12(10(9-22)4-5-18-16(23)24)19-8-13(11)21(20-15)14-3-1-2-6-25-14/h7-8,10,14,18,22H,1-6,9H2,(H,23,24)/t10-,14?/m0/s1. The third kappa shape index (κ3) is 4.21. The van der Waals surface area contributed by atoms with Gasteiger partial charge in [0.15, 0.2) is 6.23 Å². The predicted molar refractivity (Wildman–Crippen MR) is 99.6 cm³/mol. The van der Waals surface area contributed by atoms with E-state index in [0.29, 0.717) is 6.42 Å². The van der Waals surface area contributed by atoms with E-state index in [0.717, 1.165) is 46.2 Å². The van der Waals surface area contributed by atoms with Gasteiger partial charge in [-0.3, -0.25) is 4.98 Å². The molecule has 1 fully saturated rings. The van der Waals surface area contributed by atoms with Gasteiger partial charge in [-0.15, -0.1) is 0 Å². The number of ether oxygens (including phenoxy) is 1. The largest absolute Gasteiger partial charge is 0.465 e. The molecular weight excluding hydrogens is 439 g/mol. The topological polar surface area (TPSA) is 110 Å². The number of pyridine rings is 1. The first-order valence-electron chi connectivity index (χ1n) is 8.33. The molecule has 1 aliphatic rings. The lowest BCUT2D eigenvalue weighted by atomic mass is 10.0. The van der Waals surface area contributed by atoms with Gasteiger partial charge >= 0.3 is 6.09 Å². The summed E-state index contributed by atoms with van der Waals surface area (Å²) >= 11 is 2.20. The molecule has 136 valence electrons. The number of aromatic nitrogens is 3. The van der Waals surface area contributed by atoms with Crippen molar-refractivity contribution in [3.05, 3.63) is 21.7 Å². The molecular formula is C16H21IN4O4. The summed E-state index contributed by atoms with van der Waals surface area (Å²) in [6, 6.07) is 1.94. The van der Waals surface area contributed by atoms with Crippen LogP contribution < -0.4 is 5.32 Å². The van der Waals surface area contributed by atoms with Crippen LogP contribution in [0.25, 0.3) is 10.9 Å². The Bertz CT molecular complexity index is 745. The number of nitrogens with zero attached hydrogens (tertiary/aromatic N) is 3. The molecule has 25 heavy (non-hydrogen) atoms. The van der Waals surface area contributed by atoms with Crippen molar-refractivity contribution in [3.63, 3.8) is 0 Å². The van der Waals surface area contributed by atoms with E-state index < -0.39 is 6.09 Å². The Balaban J connectivity index is 1.84. The minimum Gasteiger partial charge on any atom is -0.465 e. The summed E-state index contributed by atoms with van der Waals surface area (Å²) in [6.45, 7) is 0.931. The molecule has 2 atom stereocenters. The third-order valence-electron chi connectivity index (χ3n) is 4.40. The van der Waals surface area contributed by atoms with Crippen LogP contribution in [0, 0.1) is 3.70 Å². The van der Waals surface area contributed by atoms with Gasteiger partial charge in [-0.25, -0.2) is 9.48 Å². The Morgan fingerprint density at radius 2 is 2.36 bits per heavy atom. The highest BCUT2D eigenvalue weighted by Crippen LogP contribution is 2.30. The second kappa shape index (κ2) is 8.28.